The second-order valence-corrected chi connectivity index (χ2v) is 4.01. The molecule has 0 fully saturated rings. The second kappa shape index (κ2) is 5.06. The molecule has 0 saturated heterocycles. The quantitative estimate of drug-likeness (QED) is 0.777. The lowest BCUT2D eigenvalue weighted by Crippen LogP contribution is -2.09. The van der Waals surface area contributed by atoms with Crippen LogP contribution in [0.15, 0.2) is 0 Å². The topological polar surface area (TPSA) is 70.1 Å². The van der Waals surface area contributed by atoms with E-state index < -0.39 is 5.97 Å². The summed E-state index contributed by atoms with van der Waals surface area (Å²) in [5.41, 5.74) is 6.02. The number of anilines is 1. The number of hydrogen-bond donors (Lipinski definition) is 1. The van der Waals surface area contributed by atoms with E-state index in [1.807, 2.05) is 17.7 Å². The number of hydrogen-bond acceptors (Lipinski definition) is 5. The highest BCUT2D eigenvalue weighted by molar-refractivity contribution is 7.98. The number of rotatable bonds is 4. The largest absolute Gasteiger partial charge is 0.464 e. The Morgan fingerprint density at radius 2 is 2.33 bits per heavy atom. The van der Waals surface area contributed by atoms with Gasteiger partial charge in [0.2, 0.25) is 0 Å². The molecule has 0 aliphatic rings. The minimum atomic E-state index is -0.487. The van der Waals surface area contributed by atoms with Gasteiger partial charge in [-0.2, -0.15) is 11.8 Å². The molecule has 1 heterocycles. The first-order valence-corrected chi connectivity index (χ1v) is 5.91. The number of nitrogens with zero attached hydrogens (tertiary/aromatic N) is 2. The predicted octanol–water partition coefficient (Wildman–Crippen LogP) is 0.923. The molecule has 5 nitrogen and oxygen atoms in total. The van der Waals surface area contributed by atoms with Crippen LogP contribution < -0.4 is 5.73 Å². The fourth-order valence-corrected chi connectivity index (χ4v) is 1.66. The van der Waals surface area contributed by atoms with Gasteiger partial charge < -0.3 is 15.0 Å². The van der Waals surface area contributed by atoms with Crippen LogP contribution in [0.5, 0.6) is 0 Å². The summed E-state index contributed by atoms with van der Waals surface area (Å²) in [5, 5.41) is 0. The third-order valence-corrected chi connectivity index (χ3v) is 2.69. The number of carbonyl (C=O) groups excluding carboxylic acids is 1. The zero-order valence-corrected chi connectivity index (χ0v) is 9.93. The van der Waals surface area contributed by atoms with Crippen molar-refractivity contribution in [1.82, 2.24) is 9.55 Å². The van der Waals surface area contributed by atoms with Crippen molar-refractivity contribution in [2.75, 3.05) is 24.9 Å². The van der Waals surface area contributed by atoms with Gasteiger partial charge in [-0.1, -0.05) is 0 Å². The molecule has 0 unspecified atom stereocenters. The number of esters is 1. The van der Waals surface area contributed by atoms with E-state index in [1.165, 1.54) is 7.11 Å². The first-order chi connectivity index (χ1) is 7.11. The maximum atomic E-state index is 11.3. The lowest BCUT2D eigenvalue weighted by molar-refractivity contribution is 0.0595. The summed E-state index contributed by atoms with van der Waals surface area (Å²) in [4.78, 5) is 15.4. The predicted molar refractivity (Wildman–Crippen MR) is 61.1 cm³/mol. The summed E-state index contributed by atoms with van der Waals surface area (Å²) in [5.74, 6) is 1.57. The first-order valence-electron chi connectivity index (χ1n) is 4.51. The van der Waals surface area contributed by atoms with Gasteiger partial charge >= 0.3 is 5.97 Å². The molecule has 0 amide bonds. The van der Waals surface area contributed by atoms with Crippen molar-refractivity contribution in [2.45, 2.75) is 13.5 Å². The van der Waals surface area contributed by atoms with Crippen molar-refractivity contribution in [1.29, 1.82) is 0 Å². The van der Waals surface area contributed by atoms with Crippen LogP contribution in [0.2, 0.25) is 0 Å². The number of aryl methyl sites for hydroxylation is 1. The molecule has 2 N–H and O–H groups in total. The van der Waals surface area contributed by atoms with Gasteiger partial charge in [-0.05, 0) is 13.2 Å². The number of aromatic nitrogens is 2. The Hall–Kier alpha value is -1.17. The highest BCUT2D eigenvalue weighted by Crippen LogP contribution is 2.15. The minimum absolute atomic E-state index is 0.205. The summed E-state index contributed by atoms with van der Waals surface area (Å²) in [7, 11) is 1.32. The number of imidazole rings is 1. The summed E-state index contributed by atoms with van der Waals surface area (Å²) in [6, 6.07) is 0. The maximum Gasteiger partial charge on any atom is 0.360 e. The van der Waals surface area contributed by atoms with E-state index in [4.69, 9.17) is 5.73 Å². The van der Waals surface area contributed by atoms with Crippen LogP contribution in [0.3, 0.4) is 0 Å². The Labute approximate surface area is 93.0 Å². The summed E-state index contributed by atoms with van der Waals surface area (Å²) in [6.45, 7) is 2.58. The molecule has 1 rings (SSSR count). The Morgan fingerprint density at radius 3 is 2.87 bits per heavy atom. The molecule has 6 heteroatoms. The van der Waals surface area contributed by atoms with E-state index in [0.717, 1.165) is 18.1 Å². The number of carbonyl (C=O) groups is 1. The van der Waals surface area contributed by atoms with E-state index >= 15 is 0 Å². The van der Waals surface area contributed by atoms with E-state index in [9.17, 15) is 4.79 Å². The molecule has 0 saturated carbocycles. The summed E-state index contributed by atoms with van der Waals surface area (Å²) < 4.78 is 6.41. The molecule has 0 aliphatic heterocycles. The van der Waals surface area contributed by atoms with E-state index in [-0.39, 0.29) is 5.69 Å². The molecule has 0 spiro atoms. The fraction of sp³-hybridized carbons (Fsp3) is 0.556. The van der Waals surface area contributed by atoms with E-state index in [0.29, 0.717) is 5.82 Å². The van der Waals surface area contributed by atoms with Gasteiger partial charge in [0, 0.05) is 12.3 Å². The Kier molecular flexibility index (Phi) is 4.02. The van der Waals surface area contributed by atoms with E-state index in [1.54, 1.807) is 11.8 Å². The number of nitrogens with two attached hydrogens (primary N) is 1. The highest BCUT2D eigenvalue weighted by Gasteiger charge is 2.18. The van der Waals surface area contributed by atoms with Crippen molar-refractivity contribution in [3.8, 4) is 0 Å². The van der Waals surface area contributed by atoms with Crippen molar-refractivity contribution < 1.29 is 9.53 Å². The number of thioether (sulfide) groups is 1. The molecule has 0 bridgehead atoms. The van der Waals surface area contributed by atoms with Crippen molar-refractivity contribution >= 4 is 23.5 Å². The van der Waals surface area contributed by atoms with Gasteiger partial charge in [-0.15, -0.1) is 0 Å². The van der Waals surface area contributed by atoms with Crippen LogP contribution in [0.1, 0.15) is 16.3 Å². The average molecular weight is 229 g/mol. The molecule has 1 aromatic heterocycles. The average Bonchev–Trinajstić information content (AvgIpc) is 2.51. The number of nitrogen functional groups attached to an aromatic ring is 1. The SMILES string of the molecule is COC(=O)c1nc(C)n(CCSC)c1N. The lowest BCUT2D eigenvalue weighted by atomic mass is 10.4. The highest BCUT2D eigenvalue weighted by atomic mass is 32.2. The van der Waals surface area contributed by atoms with Gasteiger partial charge in [-0.3, -0.25) is 0 Å². The monoisotopic (exact) mass is 229 g/mol. The van der Waals surface area contributed by atoms with Gasteiger partial charge in [0.15, 0.2) is 5.69 Å². The number of methoxy groups -OCH3 is 1. The van der Waals surface area contributed by atoms with Crippen molar-refractivity contribution in [3.63, 3.8) is 0 Å². The van der Waals surface area contributed by atoms with Crippen LogP contribution in [0.25, 0.3) is 0 Å². The number of ether oxygens (including phenoxy) is 1. The normalized spacial score (nSPS) is 10.3. The Bertz CT molecular complexity index is 362. The zero-order chi connectivity index (χ0) is 11.4. The van der Waals surface area contributed by atoms with Crippen molar-refractivity contribution in [3.05, 3.63) is 11.5 Å². The third-order valence-electron chi connectivity index (χ3n) is 2.10. The summed E-state index contributed by atoms with van der Waals surface area (Å²) in [6.07, 6.45) is 2.02. The van der Waals surface area contributed by atoms with Crippen LogP contribution in [0, 0.1) is 6.92 Å². The van der Waals surface area contributed by atoms with Crippen LogP contribution in [-0.4, -0.2) is 34.6 Å². The molecule has 0 aliphatic carbocycles. The van der Waals surface area contributed by atoms with Gasteiger partial charge in [0.25, 0.3) is 0 Å². The van der Waals surface area contributed by atoms with Crippen LogP contribution >= 0.6 is 11.8 Å². The van der Waals surface area contributed by atoms with Crippen LogP contribution in [0.4, 0.5) is 5.82 Å². The second-order valence-electron chi connectivity index (χ2n) is 3.03. The van der Waals surface area contributed by atoms with Gasteiger partial charge in [0.1, 0.15) is 11.6 Å². The zero-order valence-electron chi connectivity index (χ0n) is 9.11. The molecule has 84 valence electrons. The fourth-order valence-electron chi connectivity index (χ4n) is 1.29. The van der Waals surface area contributed by atoms with Gasteiger partial charge in [0.05, 0.1) is 7.11 Å². The molecule has 0 aromatic carbocycles. The standard InChI is InChI=1S/C9H15N3O2S/c1-6-11-7(9(13)14-2)8(10)12(6)4-5-15-3/h4-5,10H2,1-3H3. The minimum Gasteiger partial charge on any atom is -0.464 e. The first kappa shape index (κ1) is 11.9. The lowest BCUT2D eigenvalue weighted by Gasteiger charge is -2.05. The van der Waals surface area contributed by atoms with Gasteiger partial charge in [-0.25, -0.2) is 9.78 Å². The molecule has 1 aromatic rings. The summed E-state index contributed by atoms with van der Waals surface area (Å²) >= 11 is 1.72. The molecule has 15 heavy (non-hydrogen) atoms. The molecule has 0 radical (unpaired) electrons. The third kappa shape index (κ3) is 2.44. The van der Waals surface area contributed by atoms with E-state index in [2.05, 4.69) is 9.72 Å². The smallest absolute Gasteiger partial charge is 0.360 e. The molecular formula is C9H15N3O2S. The molecule has 0 atom stereocenters. The van der Waals surface area contributed by atoms with Crippen LogP contribution in [-0.2, 0) is 11.3 Å². The van der Waals surface area contributed by atoms with Crippen molar-refractivity contribution in [2.24, 2.45) is 0 Å². The molecular weight excluding hydrogens is 214 g/mol. The Morgan fingerprint density at radius 1 is 1.67 bits per heavy atom. The Balaban J connectivity index is 2.98. The maximum absolute atomic E-state index is 11.3.